The number of rotatable bonds is 6. The molecule has 0 spiro atoms. The number of likely N-dealkylation sites (tertiary alicyclic amines) is 1. The molecule has 0 saturated carbocycles. The van der Waals surface area contributed by atoms with Crippen LogP contribution in [0.4, 0.5) is 0 Å². The molecule has 2 N–H and O–H groups in total. The molecule has 1 aliphatic rings. The zero-order valence-electron chi connectivity index (χ0n) is 15.4. The van der Waals surface area contributed by atoms with Gasteiger partial charge in [-0.25, -0.2) is 9.98 Å². The van der Waals surface area contributed by atoms with E-state index in [-0.39, 0.29) is 24.0 Å². The summed E-state index contributed by atoms with van der Waals surface area (Å²) in [6.07, 6.45) is 2.66. The molecule has 2 rings (SSSR count). The average Bonchev–Trinajstić information content (AvgIpc) is 2.84. The van der Waals surface area contributed by atoms with Crippen molar-refractivity contribution in [3.63, 3.8) is 0 Å². The van der Waals surface area contributed by atoms with Gasteiger partial charge in [0.2, 0.25) is 0 Å². The molecule has 0 atom stereocenters. The third kappa shape index (κ3) is 7.23. The molecule has 24 heavy (non-hydrogen) atoms. The average molecular weight is 465 g/mol. The quantitative estimate of drug-likeness (QED) is 0.385. The van der Waals surface area contributed by atoms with Gasteiger partial charge in [-0.15, -0.1) is 35.3 Å². The lowest BCUT2D eigenvalue weighted by atomic mass is 9.99. The molecule has 2 heterocycles. The molecule has 0 aromatic carbocycles. The summed E-state index contributed by atoms with van der Waals surface area (Å²) < 4.78 is 0. The number of nitrogens with one attached hydrogen (secondary N) is 2. The van der Waals surface area contributed by atoms with Crippen LogP contribution < -0.4 is 10.6 Å². The van der Waals surface area contributed by atoms with Gasteiger partial charge in [-0.2, -0.15) is 0 Å². The standard InChI is InChI=1S/C17H31N5S.HI/c1-5-18-17(20-12-16-14(3)21-15(4)23-16)19-8-11-22-9-6-13(2)7-10-22;/h13H,5-12H2,1-4H3,(H2,18,19,20);1H. The highest BCUT2D eigenvalue weighted by Gasteiger charge is 2.15. The Morgan fingerprint density at radius 3 is 2.58 bits per heavy atom. The van der Waals surface area contributed by atoms with Crippen molar-refractivity contribution in [1.29, 1.82) is 0 Å². The summed E-state index contributed by atoms with van der Waals surface area (Å²) in [5.41, 5.74) is 1.11. The van der Waals surface area contributed by atoms with Gasteiger partial charge < -0.3 is 15.5 Å². The van der Waals surface area contributed by atoms with Crippen LogP contribution in [-0.2, 0) is 6.54 Å². The minimum atomic E-state index is 0. The van der Waals surface area contributed by atoms with Crippen LogP contribution in [0, 0.1) is 19.8 Å². The largest absolute Gasteiger partial charge is 0.357 e. The molecule has 0 bridgehead atoms. The molecular formula is C17H32IN5S. The van der Waals surface area contributed by atoms with E-state index in [1.165, 1.54) is 30.8 Å². The van der Waals surface area contributed by atoms with Crippen molar-refractivity contribution in [1.82, 2.24) is 20.5 Å². The van der Waals surface area contributed by atoms with Gasteiger partial charge in [0.25, 0.3) is 0 Å². The third-order valence-corrected chi connectivity index (χ3v) is 5.38. The predicted molar refractivity (Wildman–Crippen MR) is 115 cm³/mol. The minimum Gasteiger partial charge on any atom is -0.357 e. The van der Waals surface area contributed by atoms with Gasteiger partial charge in [0.15, 0.2) is 5.96 Å². The van der Waals surface area contributed by atoms with Crippen LogP contribution in [0.15, 0.2) is 4.99 Å². The summed E-state index contributed by atoms with van der Waals surface area (Å²) in [6.45, 7) is 14.7. The highest BCUT2D eigenvalue weighted by molar-refractivity contribution is 14.0. The third-order valence-electron chi connectivity index (χ3n) is 4.32. The lowest BCUT2D eigenvalue weighted by Gasteiger charge is -2.30. The highest BCUT2D eigenvalue weighted by Crippen LogP contribution is 2.18. The lowest BCUT2D eigenvalue weighted by molar-refractivity contribution is 0.195. The number of aromatic nitrogens is 1. The van der Waals surface area contributed by atoms with E-state index in [1.807, 2.05) is 6.92 Å². The molecule has 0 unspecified atom stereocenters. The summed E-state index contributed by atoms with van der Waals surface area (Å²) in [6, 6.07) is 0. The maximum Gasteiger partial charge on any atom is 0.191 e. The van der Waals surface area contributed by atoms with Crippen LogP contribution in [0.1, 0.15) is 42.3 Å². The number of hydrogen-bond donors (Lipinski definition) is 2. The number of thiazole rings is 1. The van der Waals surface area contributed by atoms with Crippen LogP contribution in [0.2, 0.25) is 0 Å². The number of halogens is 1. The van der Waals surface area contributed by atoms with Crippen LogP contribution in [0.3, 0.4) is 0 Å². The molecule has 1 fully saturated rings. The van der Waals surface area contributed by atoms with Crippen molar-refractivity contribution in [3.8, 4) is 0 Å². The fourth-order valence-electron chi connectivity index (χ4n) is 2.83. The van der Waals surface area contributed by atoms with E-state index >= 15 is 0 Å². The molecule has 7 heteroatoms. The maximum absolute atomic E-state index is 4.70. The van der Waals surface area contributed by atoms with Crippen molar-refractivity contribution >= 4 is 41.3 Å². The first kappa shape index (κ1) is 21.6. The summed E-state index contributed by atoms with van der Waals surface area (Å²) in [4.78, 5) is 13.0. The van der Waals surface area contributed by atoms with E-state index in [9.17, 15) is 0 Å². The normalized spacial score (nSPS) is 16.8. The van der Waals surface area contributed by atoms with Gasteiger partial charge in [0.05, 0.1) is 17.2 Å². The van der Waals surface area contributed by atoms with Crippen molar-refractivity contribution < 1.29 is 0 Å². The topological polar surface area (TPSA) is 52.6 Å². The molecule has 0 aliphatic carbocycles. The molecule has 5 nitrogen and oxygen atoms in total. The summed E-state index contributed by atoms with van der Waals surface area (Å²) in [5.74, 6) is 1.80. The fraction of sp³-hybridized carbons (Fsp3) is 0.765. The number of hydrogen-bond acceptors (Lipinski definition) is 4. The van der Waals surface area contributed by atoms with Gasteiger partial charge in [-0.1, -0.05) is 6.92 Å². The Hall–Kier alpha value is -0.410. The molecule has 1 aromatic heterocycles. The molecule has 0 radical (unpaired) electrons. The second kappa shape index (κ2) is 11.3. The van der Waals surface area contributed by atoms with Crippen LogP contribution in [-0.4, -0.2) is 48.6 Å². The van der Waals surface area contributed by atoms with Gasteiger partial charge in [-0.05, 0) is 52.6 Å². The first-order valence-electron chi connectivity index (χ1n) is 8.76. The van der Waals surface area contributed by atoms with Crippen molar-refractivity contribution in [2.45, 2.75) is 47.1 Å². The number of piperidine rings is 1. The van der Waals surface area contributed by atoms with Gasteiger partial charge >= 0.3 is 0 Å². The molecule has 1 aliphatic heterocycles. The lowest BCUT2D eigenvalue weighted by Crippen LogP contribution is -2.43. The van der Waals surface area contributed by atoms with E-state index < -0.39 is 0 Å². The fourth-order valence-corrected chi connectivity index (χ4v) is 3.69. The Balaban J connectivity index is 0.00000288. The number of nitrogens with zero attached hydrogens (tertiary/aromatic N) is 3. The predicted octanol–water partition coefficient (Wildman–Crippen LogP) is 3.16. The Kier molecular flexibility index (Phi) is 10.1. The van der Waals surface area contributed by atoms with Gasteiger partial charge in [-0.3, -0.25) is 0 Å². The maximum atomic E-state index is 4.70. The van der Waals surface area contributed by atoms with E-state index in [4.69, 9.17) is 4.99 Å². The second-order valence-corrected chi connectivity index (χ2v) is 7.68. The van der Waals surface area contributed by atoms with E-state index in [0.29, 0.717) is 6.54 Å². The summed E-state index contributed by atoms with van der Waals surface area (Å²) in [7, 11) is 0. The number of aliphatic imine (C=N–C) groups is 1. The highest BCUT2D eigenvalue weighted by atomic mass is 127. The number of aryl methyl sites for hydroxylation is 2. The Morgan fingerprint density at radius 2 is 2.00 bits per heavy atom. The first-order valence-corrected chi connectivity index (χ1v) is 9.57. The van der Waals surface area contributed by atoms with E-state index in [2.05, 4.69) is 41.3 Å². The van der Waals surface area contributed by atoms with Gasteiger partial charge in [0, 0.05) is 24.5 Å². The van der Waals surface area contributed by atoms with Crippen LogP contribution in [0.5, 0.6) is 0 Å². The Labute approximate surface area is 167 Å². The zero-order valence-corrected chi connectivity index (χ0v) is 18.5. The van der Waals surface area contributed by atoms with Crippen molar-refractivity contribution in [2.75, 3.05) is 32.7 Å². The second-order valence-electron chi connectivity index (χ2n) is 6.39. The molecular weight excluding hydrogens is 433 g/mol. The zero-order chi connectivity index (χ0) is 16.7. The Bertz CT molecular complexity index is 509. The van der Waals surface area contributed by atoms with Crippen LogP contribution >= 0.6 is 35.3 Å². The van der Waals surface area contributed by atoms with Crippen LogP contribution in [0.25, 0.3) is 0 Å². The number of guanidine groups is 1. The SMILES string of the molecule is CCNC(=NCc1sc(C)nc1C)NCCN1CCC(C)CC1.I. The molecule has 1 saturated heterocycles. The summed E-state index contributed by atoms with van der Waals surface area (Å²) >= 11 is 1.74. The molecule has 0 amide bonds. The smallest absolute Gasteiger partial charge is 0.191 e. The minimum absolute atomic E-state index is 0. The van der Waals surface area contributed by atoms with E-state index in [0.717, 1.165) is 42.2 Å². The van der Waals surface area contributed by atoms with Gasteiger partial charge in [0.1, 0.15) is 0 Å². The molecule has 1 aromatic rings. The summed E-state index contributed by atoms with van der Waals surface area (Å²) in [5, 5.41) is 7.90. The monoisotopic (exact) mass is 465 g/mol. The Morgan fingerprint density at radius 1 is 1.29 bits per heavy atom. The first-order chi connectivity index (χ1) is 11.1. The van der Waals surface area contributed by atoms with Crippen molar-refractivity contribution in [2.24, 2.45) is 10.9 Å². The van der Waals surface area contributed by atoms with Crippen molar-refractivity contribution in [3.05, 3.63) is 15.6 Å². The molecule has 138 valence electrons. The van der Waals surface area contributed by atoms with E-state index in [1.54, 1.807) is 11.3 Å².